The first-order valence-electron chi connectivity index (χ1n) is 5.54. The summed E-state index contributed by atoms with van der Waals surface area (Å²) in [6.45, 7) is -0.985. The van der Waals surface area contributed by atoms with E-state index in [9.17, 15) is 13.2 Å². The summed E-state index contributed by atoms with van der Waals surface area (Å²) < 4.78 is 45.4. The van der Waals surface area contributed by atoms with Gasteiger partial charge in [0, 0.05) is 17.3 Å². The van der Waals surface area contributed by atoms with Gasteiger partial charge in [0.15, 0.2) is 0 Å². The maximum Gasteiger partial charge on any atom is 0.411 e. The molecule has 1 aromatic carbocycles. The van der Waals surface area contributed by atoms with Crippen molar-refractivity contribution in [1.29, 1.82) is 0 Å². The van der Waals surface area contributed by atoms with Gasteiger partial charge in [-0.2, -0.15) is 13.2 Å². The fourth-order valence-electron chi connectivity index (χ4n) is 1.34. The second-order valence-electron chi connectivity index (χ2n) is 3.73. The largest absolute Gasteiger partial charge is 0.492 e. The first-order chi connectivity index (χ1) is 8.94. The predicted molar refractivity (Wildman–Crippen MR) is 71.1 cm³/mol. The molecule has 0 aliphatic heterocycles. The lowest BCUT2D eigenvalue weighted by atomic mass is 10.2. The van der Waals surface area contributed by atoms with Gasteiger partial charge in [0.2, 0.25) is 0 Å². The Kier molecular flexibility index (Phi) is 6.96. The molecule has 0 aliphatic carbocycles. The fraction of sp³-hybridized carbons (Fsp3) is 0.500. The van der Waals surface area contributed by atoms with Gasteiger partial charge >= 0.3 is 6.18 Å². The van der Waals surface area contributed by atoms with Gasteiger partial charge in [-0.3, -0.25) is 0 Å². The fourth-order valence-corrected chi connectivity index (χ4v) is 2.03. The molecule has 0 heterocycles. The van der Waals surface area contributed by atoms with Crippen molar-refractivity contribution in [2.45, 2.75) is 17.9 Å². The van der Waals surface area contributed by atoms with Gasteiger partial charge in [0.05, 0.1) is 18.2 Å². The monoisotopic (exact) mass is 360 g/mol. The lowest BCUT2D eigenvalue weighted by Gasteiger charge is -2.12. The van der Waals surface area contributed by atoms with E-state index in [-0.39, 0.29) is 13.2 Å². The van der Waals surface area contributed by atoms with Gasteiger partial charge in [-0.15, -0.1) is 0 Å². The Balaban J connectivity index is 2.30. The molecule has 0 saturated carbocycles. The normalized spacial score (nSPS) is 11.6. The summed E-state index contributed by atoms with van der Waals surface area (Å²) in [6, 6.07) is 5.36. The van der Waals surface area contributed by atoms with Crippen molar-refractivity contribution in [1.82, 2.24) is 0 Å². The number of halogens is 5. The van der Waals surface area contributed by atoms with E-state index in [0.29, 0.717) is 22.5 Å². The molecule has 7 heteroatoms. The van der Waals surface area contributed by atoms with E-state index in [4.69, 9.17) is 16.3 Å². The first kappa shape index (κ1) is 16.6. The summed E-state index contributed by atoms with van der Waals surface area (Å²) in [6.07, 6.45) is -3.92. The molecule has 2 nitrogen and oxygen atoms in total. The van der Waals surface area contributed by atoms with Crippen molar-refractivity contribution < 1.29 is 22.6 Å². The zero-order chi connectivity index (χ0) is 14.3. The van der Waals surface area contributed by atoms with Crippen LogP contribution in [0.1, 0.15) is 12.0 Å². The Morgan fingerprint density at radius 1 is 1.21 bits per heavy atom. The van der Waals surface area contributed by atoms with Crippen LogP contribution in [0, 0.1) is 0 Å². The van der Waals surface area contributed by atoms with Gasteiger partial charge in [-0.1, -0.05) is 39.7 Å². The molecular weight excluding hydrogens is 348 g/mol. The molecule has 0 N–H and O–H groups in total. The number of benzene rings is 1. The van der Waals surface area contributed by atoms with E-state index in [1.807, 2.05) is 6.07 Å². The zero-order valence-corrected chi connectivity index (χ0v) is 12.3. The SMILES string of the molecule is FC(F)(F)COCCCOc1c(Cl)cccc1CBr. The summed E-state index contributed by atoms with van der Waals surface area (Å²) >= 11 is 9.29. The van der Waals surface area contributed by atoms with E-state index in [1.165, 1.54) is 0 Å². The topological polar surface area (TPSA) is 18.5 Å². The smallest absolute Gasteiger partial charge is 0.411 e. The summed E-state index contributed by atoms with van der Waals surface area (Å²) in [5.41, 5.74) is 0.892. The average molecular weight is 362 g/mol. The maximum absolute atomic E-state index is 11.8. The number of alkyl halides is 4. The van der Waals surface area contributed by atoms with E-state index >= 15 is 0 Å². The Labute approximate surface area is 123 Å². The third-order valence-electron chi connectivity index (χ3n) is 2.14. The average Bonchev–Trinajstić information content (AvgIpc) is 2.33. The van der Waals surface area contributed by atoms with Gasteiger partial charge in [-0.05, 0) is 6.07 Å². The highest BCUT2D eigenvalue weighted by Crippen LogP contribution is 2.30. The predicted octanol–water partition coefficient (Wildman–Crippen LogP) is 4.58. The highest BCUT2D eigenvalue weighted by molar-refractivity contribution is 9.08. The highest BCUT2D eigenvalue weighted by Gasteiger charge is 2.27. The lowest BCUT2D eigenvalue weighted by molar-refractivity contribution is -0.174. The molecule has 0 radical (unpaired) electrons. The van der Waals surface area contributed by atoms with Crippen molar-refractivity contribution >= 4 is 27.5 Å². The van der Waals surface area contributed by atoms with Crippen LogP contribution in [0.25, 0.3) is 0 Å². The molecule has 0 saturated heterocycles. The molecule has 19 heavy (non-hydrogen) atoms. The van der Waals surface area contributed by atoms with E-state index < -0.39 is 12.8 Å². The molecule has 0 amide bonds. The molecule has 108 valence electrons. The summed E-state index contributed by atoms with van der Waals surface area (Å²) in [7, 11) is 0. The number of ether oxygens (including phenoxy) is 2. The van der Waals surface area contributed by atoms with E-state index in [1.54, 1.807) is 12.1 Å². The number of hydrogen-bond donors (Lipinski definition) is 0. The maximum atomic E-state index is 11.8. The van der Waals surface area contributed by atoms with Crippen LogP contribution >= 0.6 is 27.5 Å². The van der Waals surface area contributed by atoms with Crippen LogP contribution in [-0.4, -0.2) is 26.0 Å². The molecule has 0 atom stereocenters. The van der Waals surface area contributed by atoms with Crippen LogP contribution in [0.5, 0.6) is 5.75 Å². The van der Waals surface area contributed by atoms with Crippen molar-refractivity contribution in [3.05, 3.63) is 28.8 Å². The summed E-state index contributed by atoms with van der Waals surface area (Å²) in [5.74, 6) is 0.553. The molecule has 0 aliphatic rings. The quantitative estimate of drug-likeness (QED) is 0.523. The molecule has 0 bridgehead atoms. The van der Waals surface area contributed by atoms with Crippen molar-refractivity contribution in [2.24, 2.45) is 0 Å². The van der Waals surface area contributed by atoms with E-state index in [2.05, 4.69) is 20.7 Å². The Hall–Kier alpha value is -0.460. The highest BCUT2D eigenvalue weighted by atomic mass is 79.9. The summed E-state index contributed by atoms with van der Waals surface area (Å²) in [4.78, 5) is 0. The van der Waals surface area contributed by atoms with Crippen molar-refractivity contribution in [3.8, 4) is 5.75 Å². The van der Waals surface area contributed by atoms with Gasteiger partial charge < -0.3 is 9.47 Å². The number of para-hydroxylation sites is 1. The molecule has 0 aromatic heterocycles. The van der Waals surface area contributed by atoms with Crippen LogP contribution in [-0.2, 0) is 10.1 Å². The minimum Gasteiger partial charge on any atom is -0.492 e. The third-order valence-corrected chi connectivity index (χ3v) is 3.04. The van der Waals surface area contributed by atoms with Crippen molar-refractivity contribution in [3.63, 3.8) is 0 Å². The molecule has 0 spiro atoms. The second-order valence-corrected chi connectivity index (χ2v) is 4.70. The van der Waals surface area contributed by atoms with Crippen molar-refractivity contribution in [2.75, 3.05) is 19.8 Å². The number of rotatable bonds is 7. The summed E-state index contributed by atoms with van der Waals surface area (Å²) in [5, 5.41) is 1.07. The number of hydrogen-bond acceptors (Lipinski definition) is 2. The molecular formula is C12H13BrClF3O2. The minimum atomic E-state index is -4.28. The zero-order valence-electron chi connectivity index (χ0n) is 9.97. The molecule has 1 rings (SSSR count). The van der Waals surface area contributed by atoms with Gasteiger partial charge in [-0.25, -0.2) is 0 Å². The molecule has 1 aromatic rings. The van der Waals surface area contributed by atoms with Gasteiger partial charge in [0.25, 0.3) is 0 Å². The van der Waals surface area contributed by atoms with Crippen LogP contribution in [0.4, 0.5) is 13.2 Å². The van der Waals surface area contributed by atoms with E-state index in [0.717, 1.165) is 5.56 Å². The molecule has 0 fully saturated rings. The second kappa shape index (κ2) is 7.97. The van der Waals surface area contributed by atoms with Crippen LogP contribution < -0.4 is 4.74 Å². The van der Waals surface area contributed by atoms with Crippen LogP contribution in [0.2, 0.25) is 5.02 Å². The first-order valence-corrected chi connectivity index (χ1v) is 7.04. The lowest BCUT2D eigenvalue weighted by Crippen LogP contribution is -2.18. The van der Waals surface area contributed by atoms with Gasteiger partial charge in [0.1, 0.15) is 12.4 Å². The van der Waals surface area contributed by atoms with Crippen LogP contribution in [0.3, 0.4) is 0 Å². The molecule has 0 unspecified atom stereocenters. The minimum absolute atomic E-state index is 0.00634. The van der Waals surface area contributed by atoms with Crippen LogP contribution in [0.15, 0.2) is 18.2 Å². The standard InChI is InChI=1S/C12H13BrClF3O2/c13-7-9-3-1-4-10(14)11(9)19-6-2-5-18-8-12(15,16)17/h1,3-4H,2,5-8H2. The third kappa shape index (κ3) is 6.49. The Bertz CT molecular complexity index is 399. The Morgan fingerprint density at radius 2 is 1.95 bits per heavy atom. The Morgan fingerprint density at radius 3 is 2.58 bits per heavy atom.